The Labute approximate surface area is 94.8 Å². The van der Waals surface area contributed by atoms with Crippen molar-refractivity contribution in [3.8, 4) is 0 Å². The second-order valence-electron chi connectivity index (χ2n) is 5.08. The van der Waals surface area contributed by atoms with E-state index in [1.165, 1.54) is 32.7 Å². The maximum atomic E-state index is 3.47. The van der Waals surface area contributed by atoms with Gasteiger partial charge in [0.1, 0.15) is 0 Å². The summed E-state index contributed by atoms with van der Waals surface area (Å²) in [6, 6.07) is 1.32. The zero-order chi connectivity index (χ0) is 11.3. The molecule has 90 valence electrons. The molecule has 1 fully saturated rings. The van der Waals surface area contributed by atoms with Crippen LogP contribution in [0.25, 0.3) is 0 Å². The predicted octanol–water partition coefficient (Wildman–Crippen LogP) is 1.01. The Morgan fingerprint density at radius 2 is 1.60 bits per heavy atom. The molecular formula is C12H27N3. The van der Waals surface area contributed by atoms with Crippen molar-refractivity contribution in [2.24, 2.45) is 0 Å². The summed E-state index contributed by atoms with van der Waals surface area (Å²) >= 11 is 0. The van der Waals surface area contributed by atoms with Crippen molar-refractivity contribution in [2.45, 2.75) is 39.8 Å². The normalized spacial score (nSPS) is 20.4. The first-order valence-electron chi connectivity index (χ1n) is 6.29. The first-order chi connectivity index (χ1) is 7.09. The number of nitrogens with one attached hydrogen (secondary N) is 1. The van der Waals surface area contributed by atoms with Gasteiger partial charge in [0.05, 0.1) is 0 Å². The minimum Gasteiger partial charge on any atom is -0.313 e. The molecule has 0 aromatic rings. The highest BCUT2D eigenvalue weighted by Crippen LogP contribution is 2.04. The van der Waals surface area contributed by atoms with Gasteiger partial charge in [0.2, 0.25) is 0 Å². The van der Waals surface area contributed by atoms with E-state index in [1.54, 1.807) is 0 Å². The largest absolute Gasteiger partial charge is 0.313 e. The fraction of sp³-hybridized carbons (Fsp3) is 1.00. The van der Waals surface area contributed by atoms with E-state index in [0.717, 1.165) is 6.54 Å². The molecule has 0 saturated carbocycles. The molecule has 0 spiro atoms. The third kappa shape index (κ3) is 4.96. The van der Waals surface area contributed by atoms with Gasteiger partial charge in [-0.25, -0.2) is 0 Å². The van der Waals surface area contributed by atoms with Crippen LogP contribution in [0.1, 0.15) is 27.7 Å². The van der Waals surface area contributed by atoms with E-state index < -0.39 is 0 Å². The quantitative estimate of drug-likeness (QED) is 0.735. The number of piperazine rings is 1. The first kappa shape index (κ1) is 12.9. The number of hydrogen-bond acceptors (Lipinski definition) is 3. The van der Waals surface area contributed by atoms with E-state index in [4.69, 9.17) is 0 Å². The van der Waals surface area contributed by atoms with Gasteiger partial charge in [-0.15, -0.1) is 0 Å². The number of rotatable bonds is 5. The summed E-state index contributed by atoms with van der Waals surface area (Å²) in [5, 5.41) is 3.47. The Hall–Kier alpha value is -0.120. The molecule has 0 aromatic carbocycles. The van der Waals surface area contributed by atoms with Gasteiger partial charge in [-0.05, 0) is 13.8 Å². The van der Waals surface area contributed by atoms with Crippen molar-refractivity contribution in [1.82, 2.24) is 15.1 Å². The maximum Gasteiger partial charge on any atom is 0.0113 e. The van der Waals surface area contributed by atoms with E-state index in [9.17, 15) is 0 Å². The Morgan fingerprint density at radius 3 is 2.07 bits per heavy atom. The topological polar surface area (TPSA) is 18.5 Å². The third-order valence-corrected chi connectivity index (χ3v) is 3.12. The molecule has 1 aliphatic rings. The molecule has 15 heavy (non-hydrogen) atoms. The number of hydrogen-bond donors (Lipinski definition) is 1. The van der Waals surface area contributed by atoms with Crippen LogP contribution < -0.4 is 5.32 Å². The summed E-state index contributed by atoms with van der Waals surface area (Å²) in [6.45, 7) is 16.2. The molecule has 0 amide bonds. The van der Waals surface area contributed by atoms with Crippen molar-refractivity contribution < 1.29 is 0 Å². The summed E-state index contributed by atoms with van der Waals surface area (Å²) in [5.74, 6) is 0. The molecule has 3 nitrogen and oxygen atoms in total. The monoisotopic (exact) mass is 213 g/mol. The van der Waals surface area contributed by atoms with Crippen molar-refractivity contribution in [2.75, 3.05) is 39.3 Å². The first-order valence-corrected chi connectivity index (χ1v) is 6.29. The van der Waals surface area contributed by atoms with Crippen LogP contribution in [0.5, 0.6) is 0 Å². The second kappa shape index (κ2) is 6.46. The molecule has 1 saturated heterocycles. The van der Waals surface area contributed by atoms with Crippen molar-refractivity contribution in [1.29, 1.82) is 0 Å². The van der Waals surface area contributed by atoms with Gasteiger partial charge in [-0.3, -0.25) is 9.80 Å². The highest BCUT2D eigenvalue weighted by molar-refractivity contribution is 4.74. The van der Waals surface area contributed by atoms with Crippen molar-refractivity contribution >= 4 is 0 Å². The molecule has 3 heteroatoms. The van der Waals surface area contributed by atoms with Crippen LogP contribution in [-0.2, 0) is 0 Å². The van der Waals surface area contributed by atoms with Gasteiger partial charge in [0.15, 0.2) is 0 Å². The third-order valence-electron chi connectivity index (χ3n) is 3.12. The Bertz CT molecular complexity index is 157. The zero-order valence-corrected chi connectivity index (χ0v) is 10.8. The van der Waals surface area contributed by atoms with Gasteiger partial charge in [-0.1, -0.05) is 13.8 Å². The molecule has 1 aliphatic heterocycles. The lowest BCUT2D eigenvalue weighted by Gasteiger charge is -2.37. The molecular weight excluding hydrogens is 186 g/mol. The van der Waals surface area contributed by atoms with Crippen LogP contribution in [0.4, 0.5) is 0 Å². The summed E-state index contributed by atoms with van der Waals surface area (Å²) in [5.41, 5.74) is 0. The lowest BCUT2D eigenvalue weighted by Crippen LogP contribution is -2.50. The standard InChI is InChI=1S/C12H27N3/c1-11(2)13-5-6-14-7-9-15(10-8-14)12(3)4/h11-13H,5-10H2,1-4H3. The molecule has 1 N–H and O–H groups in total. The average Bonchev–Trinajstić information content (AvgIpc) is 2.18. The molecule has 0 atom stereocenters. The van der Waals surface area contributed by atoms with E-state index >= 15 is 0 Å². The summed E-state index contributed by atoms with van der Waals surface area (Å²) in [6.07, 6.45) is 0. The van der Waals surface area contributed by atoms with E-state index in [2.05, 4.69) is 42.8 Å². The smallest absolute Gasteiger partial charge is 0.0113 e. The van der Waals surface area contributed by atoms with Gasteiger partial charge in [0, 0.05) is 51.4 Å². The Morgan fingerprint density at radius 1 is 1.00 bits per heavy atom. The van der Waals surface area contributed by atoms with Gasteiger partial charge >= 0.3 is 0 Å². The average molecular weight is 213 g/mol. The summed E-state index contributed by atoms with van der Waals surface area (Å²) < 4.78 is 0. The van der Waals surface area contributed by atoms with E-state index in [0.29, 0.717) is 12.1 Å². The summed E-state index contributed by atoms with van der Waals surface area (Å²) in [4.78, 5) is 5.13. The van der Waals surface area contributed by atoms with E-state index in [-0.39, 0.29) is 0 Å². The van der Waals surface area contributed by atoms with Crippen LogP contribution in [0.2, 0.25) is 0 Å². The molecule has 0 unspecified atom stereocenters. The molecule has 0 bridgehead atoms. The lowest BCUT2D eigenvalue weighted by atomic mass is 10.2. The summed E-state index contributed by atoms with van der Waals surface area (Å²) in [7, 11) is 0. The predicted molar refractivity (Wildman–Crippen MR) is 66.3 cm³/mol. The minimum atomic E-state index is 0.613. The van der Waals surface area contributed by atoms with Crippen molar-refractivity contribution in [3.63, 3.8) is 0 Å². The van der Waals surface area contributed by atoms with E-state index in [1.807, 2.05) is 0 Å². The van der Waals surface area contributed by atoms with Crippen LogP contribution >= 0.6 is 0 Å². The molecule has 0 aromatic heterocycles. The van der Waals surface area contributed by atoms with Crippen LogP contribution in [0.15, 0.2) is 0 Å². The van der Waals surface area contributed by atoms with Gasteiger partial charge in [0.25, 0.3) is 0 Å². The molecule has 0 radical (unpaired) electrons. The minimum absolute atomic E-state index is 0.613. The van der Waals surface area contributed by atoms with Crippen molar-refractivity contribution in [3.05, 3.63) is 0 Å². The fourth-order valence-corrected chi connectivity index (χ4v) is 2.01. The van der Waals surface area contributed by atoms with Crippen LogP contribution in [-0.4, -0.2) is 61.2 Å². The Kier molecular flexibility index (Phi) is 5.58. The maximum absolute atomic E-state index is 3.47. The Balaban J connectivity index is 2.09. The fourth-order valence-electron chi connectivity index (χ4n) is 2.01. The molecule has 1 heterocycles. The molecule has 1 rings (SSSR count). The zero-order valence-electron chi connectivity index (χ0n) is 10.8. The highest BCUT2D eigenvalue weighted by Gasteiger charge is 2.17. The second-order valence-corrected chi connectivity index (χ2v) is 5.08. The highest BCUT2D eigenvalue weighted by atomic mass is 15.3. The number of nitrogens with zero attached hydrogens (tertiary/aromatic N) is 2. The lowest BCUT2D eigenvalue weighted by molar-refractivity contribution is 0.109. The van der Waals surface area contributed by atoms with Crippen LogP contribution in [0, 0.1) is 0 Å². The molecule has 0 aliphatic carbocycles. The van der Waals surface area contributed by atoms with Gasteiger partial charge in [-0.2, -0.15) is 0 Å². The SMILES string of the molecule is CC(C)NCCN1CCN(C(C)C)CC1. The van der Waals surface area contributed by atoms with Crippen LogP contribution in [0.3, 0.4) is 0 Å². The van der Waals surface area contributed by atoms with Gasteiger partial charge < -0.3 is 5.32 Å².